The van der Waals surface area contributed by atoms with Crippen LogP contribution in [0, 0.1) is 5.82 Å². The Bertz CT molecular complexity index is 1390. The van der Waals surface area contributed by atoms with Gasteiger partial charge in [0.2, 0.25) is 0 Å². The monoisotopic (exact) mass is 581 g/mol. The molecule has 0 saturated carbocycles. The highest BCUT2D eigenvalue weighted by Gasteiger charge is 2.48. The average Bonchev–Trinajstić information content (AvgIpc) is 3.26. The molecule has 2 aromatic carbocycles. The van der Waals surface area contributed by atoms with Crippen LogP contribution in [0.15, 0.2) is 63.8 Å². The molecule has 1 saturated heterocycles. The number of amidine groups is 1. The number of hydrogen-bond acceptors (Lipinski definition) is 7. The number of halogens is 6. The van der Waals surface area contributed by atoms with Gasteiger partial charge in [-0.25, -0.2) is 23.0 Å². The Morgan fingerprint density at radius 2 is 1.80 bits per heavy atom. The lowest BCUT2D eigenvalue weighted by Gasteiger charge is -2.32. The van der Waals surface area contributed by atoms with E-state index in [2.05, 4.69) is 20.7 Å². The molecule has 4 N–H and O–H groups in total. The molecule has 2 unspecified atom stereocenters. The number of alkyl halides is 5. The molecule has 3 aliphatic heterocycles. The lowest BCUT2D eigenvalue weighted by molar-refractivity contribution is -0.137. The van der Waals surface area contributed by atoms with E-state index in [4.69, 9.17) is 10.5 Å². The number of hydrogen-bond donors (Lipinski definition) is 3. The van der Waals surface area contributed by atoms with Crippen LogP contribution in [-0.4, -0.2) is 73.4 Å². The zero-order valence-electron chi connectivity index (χ0n) is 21.3. The summed E-state index contributed by atoms with van der Waals surface area (Å²) in [4.78, 5) is 18.4. The van der Waals surface area contributed by atoms with Gasteiger partial charge in [0.15, 0.2) is 0 Å². The molecule has 41 heavy (non-hydrogen) atoms. The van der Waals surface area contributed by atoms with Gasteiger partial charge in [0.25, 0.3) is 6.43 Å². The quantitative estimate of drug-likeness (QED) is 0.438. The number of rotatable bonds is 6. The summed E-state index contributed by atoms with van der Waals surface area (Å²) in [7, 11) is 0. The average molecular weight is 582 g/mol. The van der Waals surface area contributed by atoms with E-state index in [1.165, 1.54) is 35.6 Å². The highest BCUT2D eigenvalue weighted by molar-refractivity contribution is 6.00. The largest absolute Gasteiger partial charge is 0.416 e. The zero-order valence-corrected chi connectivity index (χ0v) is 21.3. The Morgan fingerprint density at radius 1 is 1.10 bits per heavy atom. The molecule has 0 radical (unpaired) electrons. The molecule has 0 aliphatic carbocycles. The summed E-state index contributed by atoms with van der Waals surface area (Å²) in [5.41, 5.74) is 5.21. The smallest absolute Gasteiger partial charge is 0.385 e. The number of anilines is 2. The normalized spacial score (nSPS) is 21.2. The summed E-state index contributed by atoms with van der Waals surface area (Å²) < 4.78 is 87.5. The van der Waals surface area contributed by atoms with Crippen molar-refractivity contribution in [2.45, 2.75) is 24.6 Å². The van der Waals surface area contributed by atoms with Gasteiger partial charge >= 0.3 is 12.2 Å². The molecule has 1 fully saturated rings. The van der Waals surface area contributed by atoms with Crippen molar-refractivity contribution < 1.29 is 35.9 Å². The van der Waals surface area contributed by atoms with E-state index in [0.717, 1.165) is 0 Å². The second-order valence-corrected chi connectivity index (χ2v) is 9.54. The van der Waals surface area contributed by atoms with Crippen molar-refractivity contribution >= 4 is 29.6 Å². The minimum absolute atomic E-state index is 0.116. The first kappa shape index (κ1) is 28.4. The van der Waals surface area contributed by atoms with Crippen molar-refractivity contribution in [1.82, 2.24) is 9.91 Å². The van der Waals surface area contributed by atoms with Crippen LogP contribution in [0.1, 0.15) is 17.0 Å². The maximum atomic E-state index is 14.6. The van der Waals surface area contributed by atoms with Crippen molar-refractivity contribution in [2.24, 2.45) is 15.8 Å². The molecule has 218 valence electrons. The van der Waals surface area contributed by atoms with Crippen LogP contribution in [0.5, 0.6) is 0 Å². The Labute approximate surface area is 230 Å². The van der Waals surface area contributed by atoms with Gasteiger partial charge in [0.05, 0.1) is 30.2 Å². The van der Waals surface area contributed by atoms with Gasteiger partial charge in [-0.15, -0.1) is 0 Å². The molecule has 2 atom stereocenters. The fraction of sp³-hybridized carbons (Fsp3) is 0.346. The number of nitrogens with two attached hydrogens (primary N) is 1. The number of morpholine rings is 1. The van der Waals surface area contributed by atoms with Crippen molar-refractivity contribution in [3.63, 3.8) is 0 Å². The van der Waals surface area contributed by atoms with E-state index in [9.17, 15) is 31.1 Å². The van der Waals surface area contributed by atoms with Gasteiger partial charge < -0.3 is 21.1 Å². The fourth-order valence-corrected chi connectivity index (χ4v) is 5.07. The van der Waals surface area contributed by atoms with Gasteiger partial charge in [0, 0.05) is 36.8 Å². The van der Waals surface area contributed by atoms with Crippen LogP contribution >= 0.6 is 0 Å². The summed E-state index contributed by atoms with van der Waals surface area (Å²) in [6, 6.07) is 5.77. The number of nitrogens with zero attached hydrogens (tertiary/aromatic N) is 4. The predicted molar refractivity (Wildman–Crippen MR) is 139 cm³/mol. The van der Waals surface area contributed by atoms with Crippen molar-refractivity contribution in [3.8, 4) is 0 Å². The predicted octanol–water partition coefficient (Wildman–Crippen LogP) is 4.42. The van der Waals surface area contributed by atoms with Crippen LogP contribution in [-0.2, 0) is 10.9 Å². The van der Waals surface area contributed by atoms with E-state index in [1.807, 2.05) is 4.90 Å². The van der Waals surface area contributed by atoms with Crippen LogP contribution in [0.3, 0.4) is 0 Å². The molecule has 0 aromatic heterocycles. The number of carbonyl (C=O) groups excluding carboxylic acids is 1. The highest BCUT2D eigenvalue weighted by Crippen LogP contribution is 2.45. The molecule has 15 heteroatoms. The molecule has 0 spiro atoms. The second kappa shape index (κ2) is 11.4. The number of ether oxygens (including phenoxy) is 1. The summed E-state index contributed by atoms with van der Waals surface area (Å²) in [6.07, 6.45) is -6.33. The van der Waals surface area contributed by atoms with E-state index >= 15 is 0 Å². The fourth-order valence-electron chi connectivity index (χ4n) is 5.07. The van der Waals surface area contributed by atoms with Gasteiger partial charge in [-0.05, 0) is 35.9 Å². The summed E-state index contributed by atoms with van der Waals surface area (Å²) >= 11 is 0. The number of amides is 2. The van der Waals surface area contributed by atoms with Crippen molar-refractivity contribution in [1.29, 1.82) is 0 Å². The number of benzene rings is 2. The van der Waals surface area contributed by atoms with Gasteiger partial charge in [-0.2, -0.15) is 18.3 Å². The lowest BCUT2D eigenvalue weighted by Crippen LogP contribution is -2.46. The Morgan fingerprint density at radius 3 is 2.46 bits per heavy atom. The van der Waals surface area contributed by atoms with Gasteiger partial charge in [-0.1, -0.05) is 12.1 Å². The maximum Gasteiger partial charge on any atom is 0.416 e. The van der Waals surface area contributed by atoms with E-state index < -0.39 is 47.7 Å². The Kier molecular flexibility index (Phi) is 7.91. The van der Waals surface area contributed by atoms with Crippen molar-refractivity contribution in [3.05, 3.63) is 70.7 Å². The number of nitrogens with one attached hydrogen (secondary N) is 2. The summed E-state index contributed by atoms with van der Waals surface area (Å²) in [5.74, 6) is -1.83. The minimum Gasteiger partial charge on any atom is -0.385 e. The lowest BCUT2D eigenvalue weighted by atomic mass is 9.86. The third kappa shape index (κ3) is 6.00. The van der Waals surface area contributed by atoms with E-state index in [-0.39, 0.29) is 23.6 Å². The van der Waals surface area contributed by atoms with Crippen LogP contribution in [0.25, 0.3) is 0 Å². The van der Waals surface area contributed by atoms with E-state index in [1.54, 1.807) is 0 Å². The third-order valence-corrected chi connectivity index (χ3v) is 6.99. The third-order valence-electron chi connectivity index (χ3n) is 6.99. The maximum absolute atomic E-state index is 14.6. The second-order valence-electron chi connectivity index (χ2n) is 9.54. The first-order valence-electron chi connectivity index (χ1n) is 12.5. The molecule has 3 heterocycles. The standard InChI is InChI=1S/C26H25F6N7O2/c27-17-6-3-15(26(30,31)32)11-18(17)37-25(40)36-16-4-1-14(2-5-16)20-21(23(28)29)19(12-38-7-9-41-10-8-38)39-22(20)24(33)34-13-35-39/h1-6,11,13,20,22-23H,7-10,12H2,(H2,33,34,35)(H2,36,37,40). The number of carbonyl (C=O) groups is 1. The van der Waals surface area contributed by atoms with Gasteiger partial charge in [-0.3, -0.25) is 9.91 Å². The van der Waals surface area contributed by atoms with Crippen LogP contribution in [0.2, 0.25) is 0 Å². The Balaban J connectivity index is 1.37. The van der Waals surface area contributed by atoms with Crippen LogP contribution in [0.4, 0.5) is 42.5 Å². The number of fused-ring (bicyclic) bond motifs is 1. The molecule has 2 amide bonds. The van der Waals surface area contributed by atoms with Crippen LogP contribution < -0.4 is 16.4 Å². The minimum atomic E-state index is -4.72. The first-order valence-corrected chi connectivity index (χ1v) is 12.5. The number of aliphatic imine (C=N–C) groups is 1. The van der Waals surface area contributed by atoms with Crippen molar-refractivity contribution in [2.75, 3.05) is 43.5 Å². The molecule has 2 aromatic rings. The molecular formula is C26H25F6N7O2. The number of hydrazone groups is 1. The SMILES string of the molecule is NC1=NC=NN2C(CN3CCOCC3)=C(C(F)F)C(c3ccc(NC(=O)Nc4cc(C(F)(F)F)ccc4F)cc3)C12. The number of urea groups is 1. The molecule has 9 nitrogen and oxygen atoms in total. The van der Waals surface area contributed by atoms with Gasteiger partial charge in [0.1, 0.15) is 24.0 Å². The summed E-state index contributed by atoms with van der Waals surface area (Å²) in [6.45, 7) is 2.33. The van der Waals surface area contributed by atoms with E-state index in [0.29, 0.717) is 55.8 Å². The summed E-state index contributed by atoms with van der Waals surface area (Å²) in [5, 5.41) is 10.2. The highest BCUT2D eigenvalue weighted by atomic mass is 19.4. The zero-order chi connectivity index (χ0) is 29.3. The Hall–Kier alpha value is -4.11. The molecule has 5 rings (SSSR count). The molecule has 0 bridgehead atoms. The molecular weight excluding hydrogens is 556 g/mol. The topological polar surface area (TPSA) is 108 Å². The first-order chi connectivity index (χ1) is 19.5. The molecule has 3 aliphatic rings.